The van der Waals surface area contributed by atoms with Crippen LogP contribution in [0.15, 0.2) is 71.0 Å². The molecule has 1 amide bonds. The number of thiophene rings is 2. The van der Waals surface area contributed by atoms with Crippen molar-refractivity contribution in [1.29, 1.82) is 0 Å². The number of nitrogens with one attached hydrogen (secondary N) is 1. The van der Waals surface area contributed by atoms with Crippen molar-refractivity contribution in [2.45, 2.75) is 11.7 Å². The third kappa shape index (κ3) is 5.08. The van der Waals surface area contributed by atoms with Gasteiger partial charge in [-0.05, 0) is 17.0 Å². The minimum absolute atomic E-state index is 0.110. The number of nitrogens with zero attached hydrogens (tertiary/aromatic N) is 3. The Morgan fingerprint density at radius 3 is 2.70 bits per heavy atom. The monoisotopic (exact) mass is 496 g/mol. The molecule has 33 heavy (non-hydrogen) atoms. The van der Waals surface area contributed by atoms with Crippen LogP contribution in [0.4, 0.5) is 5.00 Å². The zero-order chi connectivity index (χ0) is 23.2. The number of allylic oxidation sites excluding steroid dienone is 1. The molecule has 10 heteroatoms. The maximum absolute atomic E-state index is 12.7. The van der Waals surface area contributed by atoms with Crippen molar-refractivity contribution in [2.24, 2.45) is 0 Å². The highest BCUT2D eigenvalue weighted by atomic mass is 32.2. The third-order valence-corrected chi connectivity index (χ3v) is 7.35. The van der Waals surface area contributed by atoms with E-state index < -0.39 is 5.97 Å². The van der Waals surface area contributed by atoms with Crippen LogP contribution in [0.3, 0.4) is 0 Å². The first kappa shape index (κ1) is 23.0. The first-order valence-corrected chi connectivity index (χ1v) is 12.6. The van der Waals surface area contributed by atoms with Gasteiger partial charge in [0.1, 0.15) is 10.6 Å². The number of hydrogen-bond acceptors (Lipinski definition) is 8. The van der Waals surface area contributed by atoms with Crippen molar-refractivity contribution in [1.82, 2.24) is 14.8 Å². The quantitative estimate of drug-likeness (QED) is 0.189. The Hall–Kier alpha value is -3.21. The maximum Gasteiger partial charge on any atom is 0.341 e. The van der Waals surface area contributed by atoms with E-state index >= 15 is 0 Å². The van der Waals surface area contributed by atoms with Crippen LogP contribution in [0.1, 0.15) is 10.4 Å². The van der Waals surface area contributed by atoms with Gasteiger partial charge in [-0.25, -0.2) is 4.79 Å². The molecule has 0 saturated heterocycles. The minimum Gasteiger partial charge on any atom is -0.465 e. The molecule has 3 heterocycles. The SMILES string of the molecule is C=CCn1c(SCC(=O)Nc2scc(-c3ccccc3)c2C(=O)OC)nnc1-c1cccs1. The van der Waals surface area contributed by atoms with E-state index in [2.05, 4.69) is 22.1 Å². The summed E-state index contributed by atoms with van der Waals surface area (Å²) in [6.07, 6.45) is 1.77. The van der Waals surface area contributed by atoms with Gasteiger partial charge in [0.15, 0.2) is 11.0 Å². The Bertz CT molecular complexity index is 1260. The fraction of sp³-hybridized carbons (Fsp3) is 0.130. The first-order chi connectivity index (χ1) is 16.1. The predicted octanol–water partition coefficient (Wildman–Crippen LogP) is 5.44. The summed E-state index contributed by atoms with van der Waals surface area (Å²) >= 11 is 4.14. The van der Waals surface area contributed by atoms with Gasteiger partial charge < -0.3 is 10.1 Å². The number of amides is 1. The van der Waals surface area contributed by atoms with Gasteiger partial charge in [0.05, 0.1) is 17.7 Å². The van der Waals surface area contributed by atoms with Crippen LogP contribution in [-0.2, 0) is 16.1 Å². The van der Waals surface area contributed by atoms with Gasteiger partial charge in [0.2, 0.25) is 5.91 Å². The van der Waals surface area contributed by atoms with Crippen molar-refractivity contribution < 1.29 is 14.3 Å². The smallest absolute Gasteiger partial charge is 0.341 e. The lowest BCUT2D eigenvalue weighted by Gasteiger charge is -2.08. The molecular weight excluding hydrogens is 476 g/mol. The van der Waals surface area contributed by atoms with Crippen LogP contribution in [0.25, 0.3) is 21.8 Å². The molecule has 0 aliphatic rings. The fourth-order valence-electron chi connectivity index (χ4n) is 3.15. The highest BCUT2D eigenvalue weighted by molar-refractivity contribution is 7.99. The van der Waals surface area contributed by atoms with E-state index in [1.54, 1.807) is 17.4 Å². The van der Waals surface area contributed by atoms with Gasteiger partial charge in [-0.1, -0.05) is 54.2 Å². The lowest BCUT2D eigenvalue weighted by Crippen LogP contribution is -2.16. The van der Waals surface area contributed by atoms with Crippen LogP contribution in [0, 0.1) is 0 Å². The molecule has 7 nitrogen and oxygen atoms in total. The lowest BCUT2D eigenvalue weighted by molar-refractivity contribution is -0.113. The van der Waals surface area contributed by atoms with Crippen molar-refractivity contribution in [2.75, 3.05) is 18.2 Å². The normalized spacial score (nSPS) is 10.7. The zero-order valence-corrected chi connectivity index (χ0v) is 20.1. The van der Waals surface area contributed by atoms with Gasteiger partial charge in [0.25, 0.3) is 0 Å². The van der Waals surface area contributed by atoms with Crippen LogP contribution < -0.4 is 5.32 Å². The molecule has 0 saturated carbocycles. The summed E-state index contributed by atoms with van der Waals surface area (Å²) in [5, 5.41) is 16.3. The van der Waals surface area contributed by atoms with E-state index in [-0.39, 0.29) is 11.7 Å². The number of benzene rings is 1. The third-order valence-electron chi connectivity index (χ3n) is 4.62. The second-order valence-corrected chi connectivity index (χ2v) is 9.50. The zero-order valence-electron chi connectivity index (χ0n) is 17.7. The topological polar surface area (TPSA) is 86.1 Å². The molecule has 0 fully saturated rings. The summed E-state index contributed by atoms with van der Waals surface area (Å²) in [5.41, 5.74) is 1.95. The molecule has 0 aliphatic heterocycles. The number of carbonyl (C=O) groups excluding carboxylic acids is 2. The molecule has 0 atom stereocenters. The van der Waals surface area contributed by atoms with Crippen LogP contribution in [0.5, 0.6) is 0 Å². The summed E-state index contributed by atoms with van der Waals surface area (Å²) in [5.74, 6) is 0.104. The number of carbonyl (C=O) groups is 2. The maximum atomic E-state index is 12.7. The van der Waals surface area contributed by atoms with E-state index in [0.717, 1.165) is 21.8 Å². The Morgan fingerprint density at radius 2 is 2.00 bits per heavy atom. The predicted molar refractivity (Wildman–Crippen MR) is 134 cm³/mol. The summed E-state index contributed by atoms with van der Waals surface area (Å²) in [6, 6.07) is 13.4. The largest absolute Gasteiger partial charge is 0.465 e. The van der Waals surface area contributed by atoms with Gasteiger partial charge in [-0.3, -0.25) is 9.36 Å². The van der Waals surface area contributed by atoms with Crippen molar-refractivity contribution in [3.05, 3.63) is 71.4 Å². The summed E-state index contributed by atoms with van der Waals surface area (Å²) < 4.78 is 6.90. The Kier molecular flexibility index (Phi) is 7.38. The van der Waals surface area contributed by atoms with E-state index in [1.165, 1.54) is 30.2 Å². The Balaban J connectivity index is 1.51. The van der Waals surface area contributed by atoms with E-state index in [0.29, 0.717) is 22.3 Å². The van der Waals surface area contributed by atoms with E-state index in [9.17, 15) is 9.59 Å². The highest BCUT2D eigenvalue weighted by Crippen LogP contribution is 2.36. The molecule has 4 rings (SSSR count). The molecule has 0 unspecified atom stereocenters. The van der Waals surface area contributed by atoms with Crippen molar-refractivity contribution in [3.8, 4) is 21.8 Å². The van der Waals surface area contributed by atoms with Crippen molar-refractivity contribution >= 4 is 51.3 Å². The number of anilines is 1. The number of aromatic nitrogens is 3. The van der Waals surface area contributed by atoms with Crippen LogP contribution >= 0.6 is 34.4 Å². The first-order valence-electron chi connectivity index (χ1n) is 9.88. The number of methoxy groups -OCH3 is 1. The van der Waals surface area contributed by atoms with Gasteiger partial charge in [-0.2, -0.15) is 0 Å². The molecular formula is C23H20N4O3S3. The molecule has 1 aromatic carbocycles. The van der Waals surface area contributed by atoms with E-state index in [4.69, 9.17) is 4.74 Å². The summed E-state index contributed by atoms with van der Waals surface area (Å²) in [7, 11) is 1.33. The summed E-state index contributed by atoms with van der Waals surface area (Å²) in [6.45, 7) is 4.34. The second-order valence-electron chi connectivity index (χ2n) is 6.73. The Morgan fingerprint density at radius 1 is 1.18 bits per heavy atom. The number of rotatable bonds is 9. The number of esters is 1. The second kappa shape index (κ2) is 10.6. The molecule has 3 aromatic heterocycles. The Labute approximate surface area is 203 Å². The van der Waals surface area contributed by atoms with Gasteiger partial charge in [-0.15, -0.1) is 39.4 Å². The van der Waals surface area contributed by atoms with Crippen LogP contribution in [-0.4, -0.2) is 39.5 Å². The standard InChI is InChI=1S/C23H20N4O3S3/c1-3-11-27-20(17-10-7-12-31-17)25-26-23(27)33-14-18(28)24-21-19(22(29)30-2)16(13-32-21)15-8-5-4-6-9-15/h3-10,12-13H,1,11,14H2,2H3,(H,24,28). The minimum atomic E-state index is -0.496. The lowest BCUT2D eigenvalue weighted by atomic mass is 10.0. The molecule has 0 spiro atoms. The number of thioether (sulfide) groups is 1. The molecule has 4 aromatic rings. The molecule has 0 bridgehead atoms. The van der Waals surface area contributed by atoms with Gasteiger partial charge >= 0.3 is 5.97 Å². The molecule has 0 radical (unpaired) electrons. The van der Waals surface area contributed by atoms with Crippen molar-refractivity contribution in [3.63, 3.8) is 0 Å². The number of hydrogen-bond donors (Lipinski definition) is 1. The summed E-state index contributed by atoms with van der Waals surface area (Å²) in [4.78, 5) is 26.2. The van der Waals surface area contributed by atoms with E-state index in [1.807, 2.05) is 57.8 Å². The average molecular weight is 497 g/mol. The van der Waals surface area contributed by atoms with Gasteiger partial charge in [0, 0.05) is 17.5 Å². The van der Waals surface area contributed by atoms with Crippen LogP contribution in [0.2, 0.25) is 0 Å². The molecule has 0 aliphatic carbocycles. The highest BCUT2D eigenvalue weighted by Gasteiger charge is 2.23. The molecule has 168 valence electrons. The molecule has 1 N–H and O–H groups in total. The fourth-order valence-corrected chi connectivity index (χ4v) is 5.59. The number of ether oxygens (including phenoxy) is 1. The average Bonchev–Trinajstić information content (AvgIpc) is 3.58.